The van der Waals surface area contributed by atoms with Crippen molar-refractivity contribution in [2.45, 2.75) is 13.8 Å². The summed E-state index contributed by atoms with van der Waals surface area (Å²) < 4.78 is 15.6. The molecule has 0 saturated heterocycles. The van der Waals surface area contributed by atoms with Crippen molar-refractivity contribution >= 4 is 17.4 Å². The van der Waals surface area contributed by atoms with Gasteiger partial charge in [0.25, 0.3) is 5.69 Å². The maximum Gasteiger partial charge on any atom is 0.338 e. The molecule has 8 nitrogen and oxygen atoms in total. The quantitative estimate of drug-likeness (QED) is 0.302. The van der Waals surface area contributed by atoms with Gasteiger partial charge in [-0.2, -0.15) is 0 Å². The van der Waals surface area contributed by atoms with Crippen LogP contribution >= 0.6 is 0 Å². The van der Waals surface area contributed by atoms with E-state index in [4.69, 9.17) is 14.2 Å². The molecule has 0 unspecified atom stereocenters. The lowest BCUT2D eigenvalue weighted by atomic mass is 10.1. The smallest absolute Gasteiger partial charge is 0.338 e. The van der Waals surface area contributed by atoms with Crippen LogP contribution in [0, 0.1) is 17.0 Å². The molecule has 27 heavy (non-hydrogen) atoms. The highest BCUT2D eigenvalue weighted by atomic mass is 16.6. The molecule has 2 rings (SSSR count). The molecule has 0 aliphatic carbocycles. The Balaban J connectivity index is 2.08. The zero-order chi connectivity index (χ0) is 20.0. The van der Waals surface area contributed by atoms with Gasteiger partial charge in [0.2, 0.25) is 5.78 Å². The van der Waals surface area contributed by atoms with Gasteiger partial charge in [-0.3, -0.25) is 14.9 Å². The van der Waals surface area contributed by atoms with E-state index in [1.165, 1.54) is 37.4 Å². The zero-order valence-electron chi connectivity index (χ0n) is 15.2. The largest absolute Gasteiger partial charge is 0.493 e. The number of rotatable bonds is 8. The van der Waals surface area contributed by atoms with Gasteiger partial charge in [-0.1, -0.05) is 12.1 Å². The Morgan fingerprint density at radius 3 is 2.41 bits per heavy atom. The van der Waals surface area contributed by atoms with Crippen molar-refractivity contribution in [3.63, 3.8) is 0 Å². The molecule has 0 aromatic heterocycles. The Bertz CT molecular complexity index is 876. The van der Waals surface area contributed by atoms with Gasteiger partial charge >= 0.3 is 5.97 Å². The summed E-state index contributed by atoms with van der Waals surface area (Å²) in [5.74, 6) is -0.401. The molecule has 0 aliphatic heterocycles. The summed E-state index contributed by atoms with van der Waals surface area (Å²) >= 11 is 0. The molecule has 0 amide bonds. The number of aryl methyl sites for hydroxylation is 1. The molecule has 0 heterocycles. The number of benzene rings is 2. The highest BCUT2D eigenvalue weighted by Crippen LogP contribution is 2.28. The number of carbonyl (C=O) groups is 2. The first-order valence-corrected chi connectivity index (χ1v) is 8.13. The van der Waals surface area contributed by atoms with E-state index in [0.29, 0.717) is 23.7 Å². The van der Waals surface area contributed by atoms with E-state index in [2.05, 4.69) is 0 Å². The molecule has 0 bridgehead atoms. The number of Topliss-reactive ketones (excluding diaryl/α,β-unsaturated/α-hetero) is 1. The number of nitrogens with zero attached hydrogens (tertiary/aromatic N) is 1. The van der Waals surface area contributed by atoms with E-state index >= 15 is 0 Å². The topological polar surface area (TPSA) is 105 Å². The third-order valence-corrected chi connectivity index (χ3v) is 3.76. The number of nitro groups is 1. The van der Waals surface area contributed by atoms with Crippen LogP contribution in [0.25, 0.3) is 0 Å². The minimum atomic E-state index is -0.716. The van der Waals surface area contributed by atoms with Crippen molar-refractivity contribution in [1.29, 1.82) is 0 Å². The molecular formula is C19H19NO7. The Kier molecular flexibility index (Phi) is 6.48. The second-order valence-electron chi connectivity index (χ2n) is 5.56. The standard InChI is InChI=1S/C19H19NO7/c1-4-26-17-8-7-14(10-18(17)25-3)19(22)27-11-16(21)13-6-5-12(2)15(9-13)20(23)24/h5-10H,4,11H2,1-3H3. The van der Waals surface area contributed by atoms with Gasteiger partial charge in [-0.25, -0.2) is 4.79 Å². The Hall–Kier alpha value is -3.42. The van der Waals surface area contributed by atoms with Crippen LogP contribution in [0.2, 0.25) is 0 Å². The summed E-state index contributed by atoms with van der Waals surface area (Å²) in [5.41, 5.74) is 0.570. The highest BCUT2D eigenvalue weighted by Gasteiger charge is 2.18. The van der Waals surface area contributed by atoms with Gasteiger partial charge in [-0.05, 0) is 32.0 Å². The first-order valence-electron chi connectivity index (χ1n) is 8.13. The third kappa shape index (κ3) is 4.81. The lowest BCUT2D eigenvalue weighted by Gasteiger charge is -2.11. The molecule has 0 atom stereocenters. The lowest BCUT2D eigenvalue weighted by Crippen LogP contribution is -2.14. The van der Waals surface area contributed by atoms with Crippen LogP contribution in [0.1, 0.15) is 33.2 Å². The molecule has 142 valence electrons. The summed E-state index contributed by atoms with van der Waals surface area (Å²) in [6.45, 7) is 3.31. The molecule has 2 aromatic rings. The van der Waals surface area contributed by atoms with Crippen LogP contribution in [-0.2, 0) is 4.74 Å². The monoisotopic (exact) mass is 373 g/mol. The average Bonchev–Trinajstić information content (AvgIpc) is 2.66. The van der Waals surface area contributed by atoms with E-state index in [9.17, 15) is 19.7 Å². The summed E-state index contributed by atoms with van der Waals surface area (Å²) in [7, 11) is 1.45. The minimum absolute atomic E-state index is 0.101. The number of esters is 1. The van der Waals surface area contributed by atoms with E-state index < -0.39 is 23.3 Å². The van der Waals surface area contributed by atoms with Gasteiger partial charge in [0.1, 0.15) is 0 Å². The number of carbonyl (C=O) groups excluding carboxylic acids is 2. The van der Waals surface area contributed by atoms with E-state index in [1.54, 1.807) is 13.0 Å². The van der Waals surface area contributed by atoms with Gasteiger partial charge < -0.3 is 14.2 Å². The Morgan fingerprint density at radius 2 is 1.78 bits per heavy atom. The normalized spacial score (nSPS) is 10.2. The van der Waals surface area contributed by atoms with Crippen molar-refractivity contribution in [2.75, 3.05) is 20.3 Å². The number of ether oxygens (including phenoxy) is 3. The zero-order valence-corrected chi connectivity index (χ0v) is 15.2. The predicted molar refractivity (Wildman–Crippen MR) is 96.6 cm³/mol. The lowest BCUT2D eigenvalue weighted by molar-refractivity contribution is -0.385. The van der Waals surface area contributed by atoms with E-state index in [1.807, 2.05) is 6.92 Å². The number of ketones is 1. The number of hydrogen-bond acceptors (Lipinski definition) is 7. The minimum Gasteiger partial charge on any atom is -0.493 e. The predicted octanol–water partition coefficient (Wildman–Crippen LogP) is 3.35. The molecule has 0 spiro atoms. The summed E-state index contributed by atoms with van der Waals surface area (Å²) in [4.78, 5) is 34.8. The average molecular weight is 373 g/mol. The van der Waals surface area contributed by atoms with Crippen LogP contribution in [0.4, 0.5) is 5.69 Å². The molecule has 0 saturated carbocycles. The van der Waals surface area contributed by atoms with Gasteiger partial charge in [0, 0.05) is 17.2 Å². The molecule has 0 fully saturated rings. The molecule has 2 aromatic carbocycles. The molecule has 8 heteroatoms. The first kappa shape index (κ1) is 19.9. The van der Waals surface area contributed by atoms with Crippen molar-refractivity contribution in [2.24, 2.45) is 0 Å². The van der Waals surface area contributed by atoms with Crippen LogP contribution in [0.15, 0.2) is 36.4 Å². The SMILES string of the molecule is CCOc1ccc(C(=O)OCC(=O)c2ccc(C)c([N+](=O)[O-])c2)cc1OC. The molecule has 0 aliphatic rings. The molecule has 0 N–H and O–H groups in total. The fourth-order valence-electron chi connectivity index (χ4n) is 2.35. The second-order valence-corrected chi connectivity index (χ2v) is 5.56. The number of methoxy groups -OCH3 is 1. The molecular weight excluding hydrogens is 354 g/mol. The number of nitro benzene ring substituents is 1. The second kappa shape index (κ2) is 8.79. The number of hydrogen-bond donors (Lipinski definition) is 0. The third-order valence-electron chi connectivity index (χ3n) is 3.76. The van der Waals surface area contributed by atoms with E-state index in [0.717, 1.165) is 0 Å². The van der Waals surface area contributed by atoms with Crippen LogP contribution in [-0.4, -0.2) is 37.0 Å². The van der Waals surface area contributed by atoms with Crippen molar-refractivity contribution < 1.29 is 28.7 Å². The summed E-state index contributed by atoms with van der Waals surface area (Å²) in [6.07, 6.45) is 0. The van der Waals surface area contributed by atoms with E-state index in [-0.39, 0.29) is 16.8 Å². The van der Waals surface area contributed by atoms with Gasteiger partial charge in [-0.15, -0.1) is 0 Å². The fourth-order valence-corrected chi connectivity index (χ4v) is 2.35. The van der Waals surface area contributed by atoms with Crippen molar-refractivity contribution in [1.82, 2.24) is 0 Å². The fraction of sp³-hybridized carbons (Fsp3) is 0.263. The Labute approximate surface area is 155 Å². The molecule has 0 radical (unpaired) electrons. The van der Waals surface area contributed by atoms with Gasteiger partial charge in [0.15, 0.2) is 18.1 Å². The van der Waals surface area contributed by atoms with Crippen LogP contribution in [0.3, 0.4) is 0 Å². The van der Waals surface area contributed by atoms with Gasteiger partial charge in [0.05, 0.1) is 24.2 Å². The maximum atomic E-state index is 12.2. The highest BCUT2D eigenvalue weighted by molar-refractivity contribution is 6.00. The Morgan fingerprint density at radius 1 is 1.07 bits per heavy atom. The summed E-state index contributed by atoms with van der Waals surface area (Å²) in [5, 5.41) is 11.0. The van der Waals surface area contributed by atoms with Crippen LogP contribution < -0.4 is 9.47 Å². The van der Waals surface area contributed by atoms with Crippen molar-refractivity contribution in [3.05, 3.63) is 63.2 Å². The first-order chi connectivity index (χ1) is 12.9. The van der Waals surface area contributed by atoms with Crippen molar-refractivity contribution in [3.8, 4) is 11.5 Å². The van der Waals surface area contributed by atoms with Crippen LogP contribution in [0.5, 0.6) is 11.5 Å². The summed E-state index contributed by atoms with van der Waals surface area (Å²) in [6, 6.07) is 8.63. The maximum absolute atomic E-state index is 12.2.